The highest BCUT2D eigenvalue weighted by molar-refractivity contribution is 5.82. The molecule has 8 nitrogen and oxygen atoms in total. The van der Waals surface area contributed by atoms with Gasteiger partial charge in [-0.2, -0.15) is 0 Å². The summed E-state index contributed by atoms with van der Waals surface area (Å²) in [4.78, 5) is 15.2. The van der Waals surface area contributed by atoms with Crippen molar-refractivity contribution in [3.8, 4) is 5.75 Å². The van der Waals surface area contributed by atoms with Gasteiger partial charge in [-0.3, -0.25) is 9.69 Å². The highest BCUT2D eigenvalue weighted by Crippen LogP contribution is 2.27. The van der Waals surface area contributed by atoms with Gasteiger partial charge in [0.2, 0.25) is 5.91 Å². The van der Waals surface area contributed by atoms with Gasteiger partial charge >= 0.3 is 0 Å². The largest absolute Gasteiger partial charge is 0.496 e. The zero-order valence-corrected chi connectivity index (χ0v) is 18.5. The van der Waals surface area contributed by atoms with Crippen LogP contribution in [-0.4, -0.2) is 63.8 Å². The zero-order chi connectivity index (χ0) is 23.0. The second kappa shape index (κ2) is 10.8. The monoisotopic (exact) mass is 450 g/mol. The number of nitrogens with zero attached hydrogens (tertiary/aromatic N) is 5. The number of carbonyl (C=O) groups is 1. The first-order valence-electron chi connectivity index (χ1n) is 10.9. The first kappa shape index (κ1) is 22.6. The summed E-state index contributed by atoms with van der Waals surface area (Å²) in [5.41, 5.74) is 1.96. The number of nitrogens with one attached hydrogen (secondary N) is 1. The Morgan fingerprint density at radius 2 is 2.06 bits per heavy atom. The number of tetrazole rings is 1. The zero-order valence-electron chi connectivity index (χ0n) is 18.5. The number of para-hydroxylation sites is 1. The van der Waals surface area contributed by atoms with Crippen LogP contribution < -0.4 is 10.1 Å². The third kappa shape index (κ3) is 5.81. The standard InChI is InChI=1S/C24H27FN6O2/c1-33-23-7-3-2-5-19(23)6-4-14-30-16-21(31-17-27-28-29-31)15-22(30)24(32)26-13-12-18-8-10-20(25)11-9-18/h2-11,17,21-22H,12-16H2,1H3,(H,26,32)/b6-4+/t21-,22-/m0/s1. The van der Waals surface area contributed by atoms with Gasteiger partial charge in [0.15, 0.2) is 0 Å². The van der Waals surface area contributed by atoms with Crippen LogP contribution in [0.3, 0.4) is 0 Å². The fourth-order valence-electron chi connectivity index (χ4n) is 4.10. The molecule has 1 aromatic heterocycles. The van der Waals surface area contributed by atoms with Crippen molar-refractivity contribution in [2.24, 2.45) is 0 Å². The Labute approximate surface area is 192 Å². The van der Waals surface area contributed by atoms with E-state index < -0.39 is 0 Å². The fraction of sp³-hybridized carbons (Fsp3) is 0.333. The molecule has 9 heteroatoms. The molecule has 0 saturated carbocycles. The maximum absolute atomic E-state index is 13.1. The Balaban J connectivity index is 1.39. The molecule has 0 spiro atoms. The van der Waals surface area contributed by atoms with E-state index in [4.69, 9.17) is 4.74 Å². The molecule has 1 saturated heterocycles. The molecule has 3 aromatic rings. The maximum atomic E-state index is 13.1. The predicted octanol–water partition coefficient (Wildman–Crippen LogP) is 2.51. The van der Waals surface area contributed by atoms with E-state index in [0.29, 0.717) is 32.5 Å². The van der Waals surface area contributed by atoms with E-state index in [-0.39, 0.29) is 23.8 Å². The normalized spacial score (nSPS) is 18.6. The Hall–Kier alpha value is -3.59. The van der Waals surface area contributed by atoms with E-state index in [1.807, 2.05) is 36.4 Å². The first-order chi connectivity index (χ1) is 16.1. The fourth-order valence-corrected chi connectivity index (χ4v) is 4.10. The number of hydrogen-bond acceptors (Lipinski definition) is 6. The summed E-state index contributed by atoms with van der Waals surface area (Å²) >= 11 is 0. The van der Waals surface area contributed by atoms with Crippen molar-refractivity contribution in [1.82, 2.24) is 30.4 Å². The van der Waals surface area contributed by atoms with Gasteiger partial charge in [0.05, 0.1) is 19.2 Å². The molecule has 0 unspecified atom stereocenters. The molecule has 4 rings (SSSR count). The lowest BCUT2D eigenvalue weighted by Crippen LogP contribution is -2.43. The molecule has 2 atom stereocenters. The summed E-state index contributed by atoms with van der Waals surface area (Å²) in [6, 6.07) is 13.9. The van der Waals surface area contributed by atoms with Crippen molar-refractivity contribution in [2.75, 3.05) is 26.7 Å². The molecule has 0 radical (unpaired) electrons. The van der Waals surface area contributed by atoms with Crippen LogP contribution in [-0.2, 0) is 11.2 Å². The molecule has 33 heavy (non-hydrogen) atoms. The number of halogens is 1. The van der Waals surface area contributed by atoms with E-state index in [1.165, 1.54) is 12.1 Å². The highest BCUT2D eigenvalue weighted by atomic mass is 19.1. The SMILES string of the molecule is COc1ccccc1/C=C/CN1C[C@@H](n2cnnn2)C[C@H]1C(=O)NCCc1ccc(F)cc1. The van der Waals surface area contributed by atoms with E-state index in [0.717, 1.165) is 16.9 Å². The Morgan fingerprint density at radius 1 is 1.24 bits per heavy atom. The van der Waals surface area contributed by atoms with Crippen molar-refractivity contribution in [1.29, 1.82) is 0 Å². The molecule has 1 N–H and O–H groups in total. The van der Waals surface area contributed by atoms with Crippen LogP contribution in [0.1, 0.15) is 23.6 Å². The number of methoxy groups -OCH3 is 1. The van der Waals surface area contributed by atoms with Crippen LogP contribution >= 0.6 is 0 Å². The minimum atomic E-state index is -0.297. The molecule has 172 valence electrons. The number of likely N-dealkylation sites (tertiary alicyclic amines) is 1. The Morgan fingerprint density at radius 3 is 2.82 bits per heavy atom. The van der Waals surface area contributed by atoms with Gasteiger partial charge in [-0.05, 0) is 47.0 Å². The van der Waals surface area contributed by atoms with Crippen molar-refractivity contribution in [3.63, 3.8) is 0 Å². The van der Waals surface area contributed by atoms with Gasteiger partial charge in [0, 0.05) is 25.2 Å². The molecule has 1 fully saturated rings. The van der Waals surface area contributed by atoms with Crippen molar-refractivity contribution in [3.05, 3.63) is 77.9 Å². The topological polar surface area (TPSA) is 85.2 Å². The van der Waals surface area contributed by atoms with E-state index in [2.05, 4.69) is 25.7 Å². The number of amides is 1. The van der Waals surface area contributed by atoms with Crippen LogP contribution in [0.4, 0.5) is 4.39 Å². The van der Waals surface area contributed by atoms with E-state index >= 15 is 0 Å². The van der Waals surface area contributed by atoms with Crippen LogP contribution in [0.5, 0.6) is 5.75 Å². The number of rotatable bonds is 9. The predicted molar refractivity (Wildman–Crippen MR) is 122 cm³/mol. The van der Waals surface area contributed by atoms with E-state index in [1.54, 1.807) is 30.3 Å². The van der Waals surface area contributed by atoms with Gasteiger partial charge in [0.25, 0.3) is 0 Å². The van der Waals surface area contributed by atoms with Gasteiger partial charge in [-0.15, -0.1) is 5.10 Å². The Kier molecular flexibility index (Phi) is 7.41. The second-order valence-corrected chi connectivity index (χ2v) is 7.96. The average Bonchev–Trinajstić information content (AvgIpc) is 3.51. The van der Waals surface area contributed by atoms with Gasteiger partial charge in [-0.1, -0.05) is 42.5 Å². The summed E-state index contributed by atoms with van der Waals surface area (Å²) in [5, 5.41) is 14.5. The lowest BCUT2D eigenvalue weighted by atomic mass is 10.1. The summed E-state index contributed by atoms with van der Waals surface area (Å²) in [6.45, 7) is 1.76. The summed E-state index contributed by atoms with van der Waals surface area (Å²) in [7, 11) is 1.65. The molecular formula is C24H27FN6O2. The van der Waals surface area contributed by atoms with Gasteiger partial charge < -0.3 is 10.1 Å². The Bertz CT molecular complexity index is 1070. The van der Waals surface area contributed by atoms with E-state index in [9.17, 15) is 9.18 Å². The summed E-state index contributed by atoms with van der Waals surface area (Å²) in [5.74, 6) is 0.509. The van der Waals surface area contributed by atoms with Crippen LogP contribution in [0.25, 0.3) is 6.08 Å². The number of benzene rings is 2. The molecular weight excluding hydrogens is 423 g/mol. The van der Waals surface area contributed by atoms with Crippen LogP contribution in [0.15, 0.2) is 60.9 Å². The summed E-state index contributed by atoms with van der Waals surface area (Å²) < 4.78 is 20.2. The molecule has 2 heterocycles. The number of aromatic nitrogens is 4. The molecule has 2 aromatic carbocycles. The quantitative estimate of drug-likeness (QED) is 0.539. The van der Waals surface area contributed by atoms with Gasteiger partial charge in [0.1, 0.15) is 17.9 Å². The van der Waals surface area contributed by atoms with Crippen LogP contribution in [0.2, 0.25) is 0 Å². The van der Waals surface area contributed by atoms with Crippen LogP contribution in [0, 0.1) is 5.82 Å². The molecule has 0 aliphatic carbocycles. The number of carbonyl (C=O) groups excluding carboxylic acids is 1. The minimum Gasteiger partial charge on any atom is -0.496 e. The number of hydrogen-bond donors (Lipinski definition) is 1. The van der Waals surface area contributed by atoms with Gasteiger partial charge in [-0.25, -0.2) is 9.07 Å². The molecule has 0 bridgehead atoms. The summed E-state index contributed by atoms with van der Waals surface area (Å²) in [6.07, 6.45) is 6.90. The third-order valence-electron chi connectivity index (χ3n) is 5.83. The average molecular weight is 451 g/mol. The van der Waals surface area contributed by atoms with Crippen molar-refractivity contribution in [2.45, 2.75) is 24.9 Å². The lowest BCUT2D eigenvalue weighted by Gasteiger charge is -2.22. The minimum absolute atomic E-state index is 0.0208. The molecule has 1 aliphatic heterocycles. The first-order valence-corrected chi connectivity index (χ1v) is 10.9. The second-order valence-electron chi connectivity index (χ2n) is 7.96. The smallest absolute Gasteiger partial charge is 0.237 e. The van der Waals surface area contributed by atoms with Crippen molar-refractivity contribution < 1.29 is 13.9 Å². The highest BCUT2D eigenvalue weighted by Gasteiger charge is 2.37. The molecule has 1 aliphatic rings. The molecule has 1 amide bonds. The third-order valence-corrected chi connectivity index (χ3v) is 5.83. The lowest BCUT2D eigenvalue weighted by molar-refractivity contribution is -0.125. The maximum Gasteiger partial charge on any atom is 0.237 e. The van der Waals surface area contributed by atoms with Crippen molar-refractivity contribution >= 4 is 12.0 Å². The number of ether oxygens (including phenoxy) is 1.